The van der Waals surface area contributed by atoms with E-state index in [2.05, 4.69) is 4.98 Å². The molecule has 4 heteroatoms. The highest BCUT2D eigenvalue weighted by Crippen LogP contribution is 2.19. The van der Waals surface area contributed by atoms with Gasteiger partial charge in [-0.25, -0.2) is 0 Å². The van der Waals surface area contributed by atoms with E-state index >= 15 is 0 Å². The summed E-state index contributed by atoms with van der Waals surface area (Å²) in [6.45, 7) is 1.97. The molecule has 0 spiro atoms. The van der Waals surface area contributed by atoms with Gasteiger partial charge in [-0.15, -0.1) is 0 Å². The summed E-state index contributed by atoms with van der Waals surface area (Å²) in [5.74, 6) is -0.886. The highest BCUT2D eigenvalue weighted by Gasteiger charge is 2.21. The van der Waals surface area contributed by atoms with Crippen molar-refractivity contribution in [1.29, 1.82) is 5.26 Å². The normalized spacial score (nSPS) is 10.8. The van der Waals surface area contributed by atoms with Gasteiger partial charge in [0, 0.05) is 12.6 Å². The van der Waals surface area contributed by atoms with Crippen LogP contribution in [0.3, 0.4) is 0 Å². The number of aromatic nitrogens is 1. The van der Waals surface area contributed by atoms with Crippen LogP contribution in [-0.4, -0.2) is 18.1 Å². The van der Waals surface area contributed by atoms with Gasteiger partial charge in [-0.2, -0.15) is 5.26 Å². The molecule has 0 unspecified atom stereocenters. The van der Waals surface area contributed by atoms with Crippen molar-refractivity contribution in [3.63, 3.8) is 0 Å². The molecule has 0 fully saturated rings. The van der Waals surface area contributed by atoms with Crippen molar-refractivity contribution in [1.82, 2.24) is 4.98 Å². The molecular weight excluding hydrogens is 252 g/mol. The van der Waals surface area contributed by atoms with E-state index in [0.717, 1.165) is 5.56 Å². The second kappa shape index (κ2) is 8.65. The first kappa shape index (κ1) is 15.6. The lowest BCUT2D eigenvalue weighted by Crippen LogP contribution is -2.15. The highest BCUT2D eigenvalue weighted by molar-refractivity contribution is 5.77. The van der Waals surface area contributed by atoms with Crippen LogP contribution in [0.2, 0.25) is 0 Å². The van der Waals surface area contributed by atoms with Crippen molar-refractivity contribution in [3.05, 3.63) is 53.9 Å². The fraction of sp³-hybridized carbons (Fsp3) is 0.312. The topological polar surface area (TPSA) is 63.0 Å². The van der Waals surface area contributed by atoms with E-state index in [1.807, 2.05) is 43.3 Å². The van der Waals surface area contributed by atoms with Gasteiger partial charge in [-0.3, -0.25) is 9.78 Å². The monoisotopic (exact) mass is 270 g/mol. The number of ether oxygens (including phenoxy) is 1. The van der Waals surface area contributed by atoms with E-state index < -0.39 is 5.92 Å². The predicted molar refractivity (Wildman–Crippen MR) is 76.2 cm³/mol. The minimum Gasteiger partial charge on any atom is -0.469 e. The average molecular weight is 270 g/mol. The molecule has 20 heavy (non-hydrogen) atoms. The van der Waals surface area contributed by atoms with Gasteiger partial charge in [0.1, 0.15) is 0 Å². The van der Waals surface area contributed by atoms with Crippen molar-refractivity contribution in [2.24, 2.45) is 0 Å². The van der Waals surface area contributed by atoms with Gasteiger partial charge < -0.3 is 4.74 Å². The summed E-state index contributed by atoms with van der Waals surface area (Å²) in [6, 6.07) is 13.3. The smallest absolute Gasteiger partial charge is 0.314 e. The predicted octanol–water partition coefficient (Wildman–Crippen LogP) is 3.07. The maximum atomic E-state index is 11.8. The summed E-state index contributed by atoms with van der Waals surface area (Å²) < 4.78 is 4.80. The van der Waals surface area contributed by atoms with Crippen molar-refractivity contribution in [2.75, 3.05) is 7.11 Å². The molecule has 0 saturated heterocycles. The summed E-state index contributed by atoms with van der Waals surface area (Å²) in [4.78, 5) is 16.2. The van der Waals surface area contributed by atoms with Crippen LogP contribution in [0.1, 0.15) is 30.0 Å². The molecule has 0 N–H and O–H groups in total. The number of esters is 1. The number of hydrogen-bond donors (Lipinski definition) is 0. The fourth-order valence-electron chi connectivity index (χ4n) is 1.71. The summed E-state index contributed by atoms with van der Waals surface area (Å²) in [5.41, 5.74) is 1.66. The molecule has 0 saturated carbocycles. The van der Waals surface area contributed by atoms with Crippen LogP contribution in [0.4, 0.5) is 0 Å². The second-order valence-corrected chi connectivity index (χ2v) is 4.30. The molecule has 1 aromatic heterocycles. The Labute approximate surface area is 119 Å². The van der Waals surface area contributed by atoms with Crippen molar-refractivity contribution >= 4 is 5.97 Å². The Kier molecular flexibility index (Phi) is 6.77. The summed E-state index contributed by atoms with van der Waals surface area (Å²) in [7, 11) is 1.34. The SMILES string of the molecule is COC(=O)[C@H](CCC#N)c1cccccc(C)ccn1. The number of aryl methyl sites for hydroxylation is 1. The van der Waals surface area contributed by atoms with Gasteiger partial charge in [0.05, 0.1) is 24.8 Å². The molecule has 0 radical (unpaired) electrons. The number of carbonyl (C=O) groups is 1. The van der Waals surface area contributed by atoms with Crippen LogP contribution in [0.25, 0.3) is 0 Å². The lowest BCUT2D eigenvalue weighted by Gasteiger charge is -2.11. The van der Waals surface area contributed by atoms with Gasteiger partial charge in [0.15, 0.2) is 0 Å². The molecule has 1 rings (SSSR count). The Morgan fingerprint density at radius 2 is 2.10 bits per heavy atom. The Morgan fingerprint density at radius 1 is 1.35 bits per heavy atom. The molecule has 0 bridgehead atoms. The van der Waals surface area contributed by atoms with E-state index in [-0.39, 0.29) is 12.4 Å². The third-order valence-corrected chi connectivity index (χ3v) is 2.80. The van der Waals surface area contributed by atoms with Crippen LogP contribution in [0.15, 0.2) is 42.6 Å². The Hall–Kier alpha value is -2.41. The molecule has 1 atom stereocenters. The quantitative estimate of drug-likeness (QED) is 0.789. The number of hydrogen-bond acceptors (Lipinski definition) is 4. The molecule has 0 aliphatic rings. The van der Waals surface area contributed by atoms with E-state index in [0.29, 0.717) is 12.1 Å². The molecule has 0 amide bonds. The van der Waals surface area contributed by atoms with Gasteiger partial charge in [-0.05, 0) is 31.0 Å². The highest BCUT2D eigenvalue weighted by atomic mass is 16.5. The van der Waals surface area contributed by atoms with Crippen LogP contribution in [0.5, 0.6) is 0 Å². The van der Waals surface area contributed by atoms with Gasteiger partial charge in [0.2, 0.25) is 0 Å². The number of nitrogens with zero attached hydrogens (tertiary/aromatic N) is 2. The first-order valence-electron chi connectivity index (χ1n) is 6.39. The zero-order chi connectivity index (χ0) is 14.8. The lowest BCUT2D eigenvalue weighted by molar-refractivity contribution is -0.142. The molecule has 0 aliphatic carbocycles. The first-order chi connectivity index (χ1) is 9.69. The van der Waals surface area contributed by atoms with Crippen molar-refractivity contribution < 1.29 is 9.53 Å². The molecule has 104 valence electrons. The molecule has 1 heterocycles. The van der Waals surface area contributed by atoms with Crippen molar-refractivity contribution in [3.8, 4) is 6.07 Å². The molecule has 0 aromatic carbocycles. The second-order valence-electron chi connectivity index (χ2n) is 4.30. The maximum Gasteiger partial charge on any atom is 0.314 e. The zero-order valence-corrected chi connectivity index (χ0v) is 11.7. The molecule has 1 aromatic rings. The zero-order valence-electron chi connectivity index (χ0n) is 11.7. The average Bonchev–Trinajstić information content (AvgIpc) is 2.46. The van der Waals surface area contributed by atoms with E-state index in [1.54, 1.807) is 12.3 Å². The van der Waals surface area contributed by atoms with Crippen LogP contribution < -0.4 is 0 Å². The third-order valence-electron chi connectivity index (χ3n) is 2.80. The molecule has 4 nitrogen and oxygen atoms in total. The largest absolute Gasteiger partial charge is 0.469 e. The third kappa shape index (κ3) is 5.07. The first-order valence-corrected chi connectivity index (χ1v) is 6.39. The van der Waals surface area contributed by atoms with Crippen LogP contribution in [-0.2, 0) is 9.53 Å². The maximum absolute atomic E-state index is 11.8. The van der Waals surface area contributed by atoms with E-state index in [9.17, 15) is 4.79 Å². The Balaban J connectivity index is 3.21. The van der Waals surface area contributed by atoms with Crippen molar-refractivity contribution in [2.45, 2.75) is 25.7 Å². The summed E-state index contributed by atoms with van der Waals surface area (Å²) in [6.07, 6.45) is 2.34. The van der Waals surface area contributed by atoms with Gasteiger partial charge in [-0.1, -0.05) is 24.3 Å². The minimum atomic E-state index is -0.516. The minimum absolute atomic E-state index is 0.283. The summed E-state index contributed by atoms with van der Waals surface area (Å²) in [5, 5.41) is 8.69. The number of rotatable bonds is 4. The number of carbonyl (C=O) groups excluding carboxylic acids is 1. The standard InChI is InChI=1S/C16H18N2O2/c1-13-7-4-3-5-9-15(18-12-10-13)14(8-6-11-17)16(19)20-2/h3-5,7,9-10,12,14H,6,8H2,1-2H3/t14-/m1/s1. The Morgan fingerprint density at radius 3 is 2.80 bits per heavy atom. The number of methoxy groups -OCH3 is 1. The van der Waals surface area contributed by atoms with Gasteiger partial charge >= 0.3 is 5.97 Å². The summed E-state index contributed by atoms with van der Waals surface area (Å²) >= 11 is 0. The fourth-order valence-corrected chi connectivity index (χ4v) is 1.71. The van der Waals surface area contributed by atoms with E-state index in [1.165, 1.54) is 7.11 Å². The van der Waals surface area contributed by atoms with Crippen LogP contribution in [0, 0.1) is 18.3 Å². The van der Waals surface area contributed by atoms with E-state index in [4.69, 9.17) is 10.00 Å². The molecular formula is C16H18N2O2. The van der Waals surface area contributed by atoms with Crippen LogP contribution >= 0.6 is 0 Å². The Bertz CT molecular complexity index is 548. The van der Waals surface area contributed by atoms with Gasteiger partial charge in [0.25, 0.3) is 0 Å². The lowest BCUT2D eigenvalue weighted by atomic mass is 9.99. The molecule has 0 aliphatic heterocycles. The number of nitriles is 1.